The summed E-state index contributed by atoms with van der Waals surface area (Å²) in [7, 11) is 3.59. The lowest BCUT2D eigenvalue weighted by atomic mass is 10.0. The zero-order valence-electron chi connectivity index (χ0n) is 22.0. The van der Waals surface area contributed by atoms with E-state index in [4.69, 9.17) is 9.47 Å². The molecule has 0 saturated heterocycles. The van der Waals surface area contributed by atoms with E-state index in [-0.39, 0.29) is 41.6 Å². The summed E-state index contributed by atoms with van der Waals surface area (Å²) in [6.45, 7) is 3.41. The van der Waals surface area contributed by atoms with Crippen molar-refractivity contribution in [2.75, 3.05) is 32.2 Å². The van der Waals surface area contributed by atoms with E-state index in [1.807, 2.05) is 4.90 Å². The molecular formula is C27H29F2N3O6S. The van der Waals surface area contributed by atoms with Crippen molar-refractivity contribution in [3.8, 4) is 10.4 Å². The number of ether oxygens (including phenoxy) is 2. The van der Waals surface area contributed by atoms with Gasteiger partial charge in [-0.25, -0.2) is 18.4 Å². The normalized spacial score (nSPS) is 10.9. The molecule has 12 heteroatoms. The van der Waals surface area contributed by atoms with Crippen molar-refractivity contribution in [2.24, 2.45) is 0 Å². The van der Waals surface area contributed by atoms with E-state index in [0.717, 1.165) is 22.3 Å². The average Bonchev–Trinajstić information content (AvgIpc) is 3.26. The van der Waals surface area contributed by atoms with Crippen LogP contribution in [0.25, 0.3) is 10.4 Å². The van der Waals surface area contributed by atoms with E-state index in [1.54, 1.807) is 40.1 Å². The van der Waals surface area contributed by atoms with Crippen LogP contribution in [0.3, 0.4) is 0 Å². The Bertz CT molecular complexity index is 1340. The van der Waals surface area contributed by atoms with Crippen LogP contribution in [-0.4, -0.2) is 49.2 Å². The van der Waals surface area contributed by atoms with Crippen LogP contribution in [0.15, 0.2) is 42.5 Å². The number of rotatable bonds is 11. The van der Waals surface area contributed by atoms with Crippen LogP contribution in [0.5, 0.6) is 0 Å². The lowest BCUT2D eigenvalue weighted by molar-refractivity contribution is -0.384. The fourth-order valence-electron chi connectivity index (χ4n) is 3.82. The molecule has 0 bridgehead atoms. The fraction of sp³-hybridized carbons (Fsp3) is 0.333. The Morgan fingerprint density at radius 1 is 1.03 bits per heavy atom. The fourth-order valence-corrected chi connectivity index (χ4v) is 5.11. The van der Waals surface area contributed by atoms with Crippen LogP contribution in [0.2, 0.25) is 0 Å². The zero-order chi connectivity index (χ0) is 28.7. The van der Waals surface area contributed by atoms with Crippen LogP contribution in [0, 0.1) is 21.7 Å². The molecule has 1 amide bonds. The van der Waals surface area contributed by atoms with Crippen molar-refractivity contribution in [2.45, 2.75) is 33.4 Å². The van der Waals surface area contributed by atoms with Crippen molar-refractivity contribution in [3.05, 3.63) is 80.9 Å². The lowest BCUT2D eigenvalue weighted by Gasteiger charge is -2.23. The molecule has 1 aromatic heterocycles. The van der Waals surface area contributed by atoms with Gasteiger partial charge in [-0.2, -0.15) is 0 Å². The highest BCUT2D eigenvalue weighted by Crippen LogP contribution is 2.44. The van der Waals surface area contributed by atoms with Gasteiger partial charge in [0.2, 0.25) is 0 Å². The maximum atomic E-state index is 14.7. The molecule has 0 N–H and O–H groups in total. The molecule has 0 radical (unpaired) electrons. The third-order valence-electron chi connectivity index (χ3n) is 5.54. The molecule has 0 aliphatic carbocycles. The number of amides is 1. The number of nitro benzene ring substituents is 1. The highest BCUT2D eigenvalue weighted by Gasteiger charge is 2.33. The molecule has 3 rings (SSSR count). The molecule has 0 aliphatic rings. The molecule has 39 heavy (non-hydrogen) atoms. The van der Waals surface area contributed by atoms with E-state index < -0.39 is 35.2 Å². The largest absolute Gasteiger partial charge is 0.462 e. The number of non-ortho nitro benzene ring substituents is 1. The second-order valence-corrected chi connectivity index (χ2v) is 9.76. The predicted octanol–water partition coefficient (Wildman–Crippen LogP) is 6.39. The first kappa shape index (κ1) is 29.7. The third kappa shape index (κ3) is 6.95. The summed E-state index contributed by atoms with van der Waals surface area (Å²) in [6.07, 6.45) is -0.331. The highest BCUT2D eigenvalue weighted by molar-refractivity contribution is 7.20. The molecule has 0 fully saturated rings. The van der Waals surface area contributed by atoms with Gasteiger partial charge < -0.3 is 14.4 Å². The van der Waals surface area contributed by atoms with Crippen LogP contribution in [0.4, 0.5) is 24.3 Å². The van der Waals surface area contributed by atoms with E-state index >= 15 is 0 Å². The lowest BCUT2D eigenvalue weighted by Crippen LogP contribution is -2.32. The van der Waals surface area contributed by atoms with Gasteiger partial charge in [-0.15, -0.1) is 11.3 Å². The van der Waals surface area contributed by atoms with Gasteiger partial charge in [0.05, 0.1) is 30.2 Å². The van der Waals surface area contributed by atoms with Gasteiger partial charge in [0, 0.05) is 34.7 Å². The molecule has 208 valence electrons. The quantitative estimate of drug-likeness (QED) is 0.152. The van der Waals surface area contributed by atoms with Crippen molar-refractivity contribution < 1.29 is 32.8 Å². The van der Waals surface area contributed by atoms with Gasteiger partial charge in [0.25, 0.3) is 5.69 Å². The number of benzene rings is 2. The molecule has 0 atom stereocenters. The smallest absolute Gasteiger partial charge is 0.415 e. The minimum absolute atomic E-state index is 0.0567. The molecule has 0 spiro atoms. The summed E-state index contributed by atoms with van der Waals surface area (Å²) < 4.78 is 39.4. The Labute approximate surface area is 228 Å². The number of hydrogen-bond acceptors (Lipinski definition) is 8. The van der Waals surface area contributed by atoms with Crippen molar-refractivity contribution >= 4 is 34.1 Å². The molecule has 0 aliphatic heterocycles. The summed E-state index contributed by atoms with van der Waals surface area (Å²) in [6, 6.07) is 9.41. The zero-order valence-corrected chi connectivity index (χ0v) is 22.8. The van der Waals surface area contributed by atoms with E-state index in [2.05, 4.69) is 0 Å². The average molecular weight is 562 g/mol. The first-order valence-electron chi connectivity index (χ1n) is 12.2. The maximum Gasteiger partial charge on any atom is 0.415 e. The third-order valence-corrected chi connectivity index (χ3v) is 6.84. The summed E-state index contributed by atoms with van der Waals surface area (Å²) in [5, 5.41) is 11.3. The van der Waals surface area contributed by atoms with Crippen LogP contribution < -0.4 is 4.90 Å². The van der Waals surface area contributed by atoms with Crippen LogP contribution in [-0.2, 0) is 22.6 Å². The molecule has 3 aromatic rings. The van der Waals surface area contributed by atoms with Gasteiger partial charge in [0.15, 0.2) is 11.6 Å². The summed E-state index contributed by atoms with van der Waals surface area (Å²) in [5.41, 5.74) is 0.937. The second kappa shape index (κ2) is 13.3. The molecule has 9 nitrogen and oxygen atoms in total. The number of thiophene rings is 1. The van der Waals surface area contributed by atoms with Crippen molar-refractivity contribution in [1.29, 1.82) is 0 Å². The Balaban J connectivity index is 2.28. The Hall–Kier alpha value is -3.90. The first-order valence-corrected chi connectivity index (χ1v) is 13.0. The van der Waals surface area contributed by atoms with Gasteiger partial charge in [0.1, 0.15) is 5.00 Å². The number of halogens is 2. The molecule has 2 aromatic carbocycles. The number of hydrogen-bond donors (Lipinski definition) is 0. The number of nitro groups is 1. The molecular weight excluding hydrogens is 532 g/mol. The Kier molecular flexibility index (Phi) is 10.1. The molecule has 0 unspecified atom stereocenters. The second-order valence-electron chi connectivity index (χ2n) is 8.77. The van der Waals surface area contributed by atoms with E-state index in [1.165, 1.54) is 24.3 Å². The predicted molar refractivity (Wildman–Crippen MR) is 144 cm³/mol. The summed E-state index contributed by atoms with van der Waals surface area (Å²) in [4.78, 5) is 40.8. The van der Waals surface area contributed by atoms with Crippen molar-refractivity contribution in [1.82, 2.24) is 4.90 Å². The number of esters is 1. The number of anilines is 1. The number of carbonyl (C=O) groups is 2. The Morgan fingerprint density at radius 2 is 1.72 bits per heavy atom. The summed E-state index contributed by atoms with van der Waals surface area (Å²) in [5.74, 6) is -2.91. The standard InChI is InChI=1S/C27H29F2N3O6S/c1-5-14-38-27(34)31(15-18-8-7-9-21(28)23(18)29)25-22(26(33)37-6-2)20(16-30(3)4)24(39-25)17-10-12-19(13-11-17)32(35)36/h7-13H,5-6,14-16H2,1-4H3. The van der Waals surface area contributed by atoms with Gasteiger partial charge in [-0.05, 0) is 51.2 Å². The van der Waals surface area contributed by atoms with E-state index in [0.29, 0.717) is 22.4 Å². The number of nitrogens with zero attached hydrogens (tertiary/aromatic N) is 3. The van der Waals surface area contributed by atoms with Gasteiger partial charge in [-0.3, -0.25) is 15.0 Å². The van der Waals surface area contributed by atoms with Crippen molar-refractivity contribution in [3.63, 3.8) is 0 Å². The first-order chi connectivity index (χ1) is 18.6. The Morgan fingerprint density at radius 3 is 2.31 bits per heavy atom. The van der Waals surface area contributed by atoms with Crippen LogP contribution >= 0.6 is 11.3 Å². The minimum atomic E-state index is -1.12. The SMILES string of the molecule is CCCOC(=O)N(Cc1cccc(F)c1F)c1sc(-c2ccc([N+](=O)[O-])cc2)c(CN(C)C)c1C(=O)OCC. The maximum absolute atomic E-state index is 14.7. The van der Waals surface area contributed by atoms with Gasteiger partial charge >= 0.3 is 12.1 Å². The molecule has 1 heterocycles. The monoisotopic (exact) mass is 561 g/mol. The highest BCUT2D eigenvalue weighted by atomic mass is 32.1. The minimum Gasteiger partial charge on any atom is -0.462 e. The van der Waals surface area contributed by atoms with Gasteiger partial charge in [-0.1, -0.05) is 19.1 Å². The van der Waals surface area contributed by atoms with Crippen LogP contribution in [0.1, 0.15) is 41.8 Å². The van der Waals surface area contributed by atoms with E-state index in [9.17, 15) is 28.5 Å². The summed E-state index contributed by atoms with van der Waals surface area (Å²) >= 11 is 1.06. The molecule has 0 saturated carbocycles. The topological polar surface area (TPSA) is 102 Å². The number of carbonyl (C=O) groups excluding carboxylic acids is 2.